The summed E-state index contributed by atoms with van der Waals surface area (Å²) in [7, 11) is 0. The van der Waals surface area contributed by atoms with Crippen LogP contribution in [0.4, 0.5) is 0 Å². The topological polar surface area (TPSA) is 55.1 Å². The van der Waals surface area contributed by atoms with Gasteiger partial charge in [-0.1, -0.05) is 13.8 Å². The third-order valence-electron chi connectivity index (χ3n) is 3.05. The van der Waals surface area contributed by atoms with Crippen LogP contribution in [0.15, 0.2) is 0 Å². The summed E-state index contributed by atoms with van der Waals surface area (Å²) in [6.07, 6.45) is 3.87. The van der Waals surface area contributed by atoms with E-state index < -0.39 is 0 Å². The molecule has 0 aliphatic heterocycles. The van der Waals surface area contributed by atoms with Crippen molar-refractivity contribution < 1.29 is 4.79 Å². The van der Waals surface area contributed by atoms with Gasteiger partial charge < -0.3 is 11.1 Å². The van der Waals surface area contributed by atoms with Crippen LogP contribution >= 0.6 is 0 Å². The van der Waals surface area contributed by atoms with Crippen LogP contribution in [0.3, 0.4) is 0 Å². The van der Waals surface area contributed by atoms with Gasteiger partial charge in [0.2, 0.25) is 5.91 Å². The maximum absolute atomic E-state index is 11.7. The molecule has 3 N–H and O–H groups in total. The SMILES string of the molecule is CC(C)C[C@H](CN)CC(=O)NC1(C)CC1. The Balaban J connectivity index is 2.27. The highest BCUT2D eigenvalue weighted by molar-refractivity contribution is 5.77. The summed E-state index contributed by atoms with van der Waals surface area (Å²) in [4.78, 5) is 11.7. The first-order chi connectivity index (χ1) is 6.95. The monoisotopic (exact) mass is 212 g/mol. The average Bonchev–Trinajstić information content (AvgIpc) is 2.80. The van der Waals surface area contributed by atoms with E-state index in [0.29, 0.717) is 24.8 Å². The van der Waals surface area contributed by atoms with Crippen LogP contribution in [-0.4, -0.2) is 18.0 Å². The molecule has 1 fully saturated rings. The van der Waals surface area contributed by atoms with E-state index in [9.17, 15) is 4.79 Å². The zero-order valence-corrected chi connectivity index (χ0v) is 10.2. The molecule has 0 heterocycles. The fourth-order valence-electron chi connectivity index (χ4n) is 1.89. The minimum absolute atomic E-state index is 0.105. The van der Waals surface area contributed by atoms with Gasteiger partial charge in [-0.05, 0) is 44.6 Å². The second-order valence-corrected chi connectivity index (χ2v) is 5.54. The van der Waals surface area contributed by atoms with E-state index in [4.69, 9.17) is 5.73 Å². The molecular weight excluding hydrogens is 188 g/mol. The molecule has 1 rings (SSSR count). The van der Waals surface area contributed by atoms with Gasteiger partial charge in [0.05, 0.1) is 0 Å². The molecule has 0 bridgehead atoms. The molecule has 3 nitrogen and oxygen atoms in total. The first-order valence-corrected chi connectivity index (χ1v) is 5.96. The lowest BCUT2D eigenvalue weighted by molar-refractivity contribution is -0.122. The molecule has 0 aromatic heterocycles. The summed E-state index contributed by atoms with van der Waals surface area (Å²) < 4.78 is 0. The van der Waals surface area contributed by atoms with Gasteiger partial charge in [-0.15, -0.1) is 0 Å². The van der Waals surface area contributed by atoms with Crippen LogP contribution < -0.4 is 11.1 Å². The molecule has 1 amide bonds. The zero-order chi connectivity index (χ0) is 11.5. The molecule has 15 heavy (non-hydrogen) atoms. The zero-order valence-electron chi connectivity index (χ0n) is 10.2. The molecule has 88 valence electrons. The van der Waals surface area contributed by atoms with E-state index in [0.717, 1.165) is 19.3 Å². The number of nitrogens with two attached hydrogens (primary N) is 1. The van der Waals surface area contributed by atoms with Gasteiger partial charge >= 0.3 is 0 Å². The van der Waals surface area contributed by atoms with Gasteiger partial charge in [-0.2, -0.15) is 0 Å². The first-order valence-electron chi connectivity index (χ1n) is 5.96. The molecule has 0 aromatic carbocycles. The molecule has 0 radical (unpaired) electrons. The lowest BCUT2D eigenvalue weighted by atomic mass is 9.94. The van der Waals surface area contributed by atoms with Gasteiger partial charge in [0.1, 0.15) is 0 Å². The highest BCUT2D eigenvalue weighted by atomic mass is 16.1. The summed E-state index contributed by atoms with van der Waals surface area (Å²) in [5, 5.41) is 3.07. The van der Waals surface area contributed by atoms with E-state index in [-0.39, 0.29) is 11.4 Å². The summed E-state index contributed by atoms with van der Waals surface area (Å²) in [6, 6.07) is 0. The summed E-state index contributed by atoms with van der Waals surface area (Å²) >= 11 is 0. The minimum Gasteiger partial charge on any atom is -0.351 e. The normalized spacial score (nSPS) is 20.1. The molecule has 0 aromatic rings. The van der Waals surface area contributed by atoms with Gasteiger partial charge in [-0.3, -0.25) is 4.79 Å². The number of hydrogen-bond donors (Lipinski definition) is 2. The van der Waals surface area contributed by atoms with Crippen molar-refractivity contribution in [2.24, 2.45) is 17.6 Å². The first kappa shape index (κ1) is 12.5. The van der Waals surface area contributed by atoms with Crippen molar-refractivity contribution in [1.82, 2.24) is 5.32 Å². The Labute approximate surface area is 92.8 Å². The van der Waals surface area contributed by atoms with Crippen LogP contribution in [0.2, 0.25) is 0 Å². The Bertz CT molecular complexity index is 222. The van der Waals surface area contributed by atoms with Gasteiger partial charge in [-0.25, -0.2) is 0 Å². The molecular formula is C12H24N2O. The van der Waals surface area contributed by atoms with Gasteiger partial charge in [0, 0.05) is 12.0 Å². The number of carbonyl (C=O) groups is 1. The molecule has 1 aliphatic rings. The van der Waals surface area contributed by atoms with Crippen molar-refractivity contribution in [3.8, 4) is 0 Å². The standard InChI is InChI=1S/C12H24N2O/c1-9(2)6-10(8-13)7-11(15)14-12(3)4-5-12/h9-10H,4-8,13H2,1-3H3,(H,14,15)/t10-/m0/s1. The van der Waals surface area contributed by atoms with Crippen molar-refractivity contribution in [1.29, 1.82) is 0 Å². The lowest BCUT2D eigenvalue weighted by Crippen LogP contribution is -2.36. The predicted octanol–water partition coefficient (Wildman–Crippen LogP) is 1.67. The van der Waals surface area contributed by atoms with E-state index in [1.807, 2.05) is 0 Å². The van der Waals surface area contributed by atoms with Crippen molar-refractivity contribution in [2.75, 3.05) is 6.54 Å². The molecule has 0 spiro atoms. The number of hydrogen-bond acceptors (Lipinski definition) is 2. The van der Waals surface area contributed by atoms with Crippen LogP contribution in [0.25, 0.3) is 0 Å². The fourth-order valence-corrected chi connectivity index (χ4v) is 1.89. The van der Waals surface area contributed by atoms with Crippen LogP contribution in [0.1, 0.15) is 46.5 Å². The highest BCUT2D eigenvalue weighted by Gasteiger charge is 2.38. The molecule has 0 saturated heterocycles. The maximum atomic E-state index is 11.7. The second-order valence-electron chi connectivity index (χ2n) is 5.54. The second kappa shape index (κ2) is 4.97. The predicted molar refractivity (Wildman–Crippen MR) is 62.4 cm³/mol. The minimum atomic E-state index is 0.105. The van der Waals surface area contributed by atoms with Crippen LogP contribution in [0, 0.1) is 11.8 Å². The number of carbonyl (C=O) groups excluding carboxylic acids is 1. The van der Waals surface area contributed by atoms with E-state index in [1.54, 1.807) is 0 Å². The van der Waals surface area contributed by atoms with E-state index in [1.165, 1.54) is 0 Å². The molecule has 1 aliphatic carbocycles. The van der Waals surface area contributed by atoms with Crippen molar-refractivity contribution in [3.05, 3.63) is 0 Å². The Morgan fingerprint density at radius 3 is 2.47 bits per heavy atom. The van der Waals surface area contributed by atoms with Gasteiger partial charge in [0.25, 0.3) is 0 Å². The molecule has 3 heteroatoms. The van der Waals surface area contributed by atoms with Crippen LogP contribution in [0.5, 0.6) is 0 Å². The Morgan fingerprint density at radius 1 is 1.47 bits per heavy atom. The van der Waals surface area contributed by atoms with Crippen molar-refractivity contribution in [3.63, 3.8) is 0 Å². The average molecular weight is 212 g/mol. The Hall–Kier alpha value is -0.570. The highest BCUT2D eigenvalue weighted by Crippen LogP contribution is 2.34. The quantitative estimate of drug-likeness (QED) is 0.703. The largest absolute Gasteiger partial charge is 0.351 e. The van der Waals surface area contributed by atoms with Gasteiger partial charge in [0.15, 0.2) is 0 Å². The maximum Gasteiger partial charge on any atom is 0.220 e. The van der Waals surface area contributed by atoms with Crippen molar-refractivity contribution >= 4 is 5.91 Å². The van der Waals surface area contributed by atoms with E-state index >= 15 is 0 Å². The number of nitrogens with one attached hydrogen (secondary N) is 1. The third-order valence-corrected chi connectivity index (χ3v) is 3.05. The number of amides is 1. The molecule has 1 atom stereocenters. The lowest BCUT2D eigenvalue weighted by Gasteiger charge is -2.18. The summed E-state index contributed by atoms with van der Waals surface area (Å²) in [5.74, 6) is 1.13. The van der Waals surface area contributed by atoms with E-state index in [2.05, 4.69) is 26.1 Å². The third kappa shape index (κ3) is 4.65. The Kier molecular flexibility index (Phi) is 4.14. The summed E-state index contributed by atoms with van der Waals surface area (Å²) in [6.45, 7) is 7.05. The smallest absolute Gasteiger partial charge is 0.220 e. The molecule has 0 unspecified atom stereocenters. The fraction of sp³-hybridized carbons (Fsp3) is 0.917. The van der Waals surface area contributed by atoms with Crippen molar-refractivity contribution in [2.45, 2.75) is 52.0 Å². The number of rotatable bonds is 6. The Morgan fingerprint density at radius 2 is 2.07 bits per heavy atom. The molecule has 1 saturated carbocycles. The summed E-state index contributed by atoms with van der Waals surface area (Å²) in [5.41, 5.74) is 5.77. The van der Waals surface area contributed by atoms with Crippen LogP contribution in [-0.2, 0) is 4.79 Å².